The Labute approximate surface area is 139 Å². The third-order valence-electron chi connectivity index (χ3n) is 4.78. The second kappa shape index (κ2) is 12.8. The predicted molar refractivity (Wildman–Crippen MR) is 98.8 cm³/mol. The predicted octanol–water partition coefficient (Wildman–Crippen LogP) is 6.14. The van der Waals surface area contributed by atoms with Crippen LogP contribution in [0.5, 0.6) is 0 Å². The van der Waals surface area contributed by atoms with E-state index in [1.165, 1.54) is 90.1 Å². The Morgan fingerprint density at radius 1 is 0.591 bits per heavy atom. The van der Waals surface area contributed by atoms with Crippen molar-refractivity contribution >= 4 is 0 Å². The van der Waals surface area contributed by atoms with E-state index in [0.717, 1.165) is 0 Å². The molecule has 1 atom stereocenters. The lowest BCUT2D eigenvalue weighted by molar-refractivity contribution is 0.137. The summed E-state index contributed by atoms with van der Waals surface area (Å²) in [6.45, 7) is 9.34. The summed E-state index contributed by atoms with van der Waals surface area (Å²) in [7, 11) is 0. The van der Waals surface area contributed by atoms with Gasteiger partial charge in [0.05, 0.1) is 0 Å². The lowest BCUT2D eigenvalue weighted by atomic mass is 10.1. The van der Waals surface area contributed by atoms with Crippen LogP contribution in [-0.2, 0) is 0 Å². The monoisotopic (exact) mass is 308 g/mol. The molecule has 0 aromatic rings. The molecule has 0 N–H and O–H groups in total. The largest absolute Gasteiger partial charge is 0.356 e. The smallest absolute Gasteiger partial charge is 0.101 e. The van der Waals surface area contributed by atoms with Crippen molar-refractivity contribution in [3.63, 3.8) is 0 Å². The molecule has 0 amide bonds. The molecule has 0 saturated carbocycles. The molecule has 0 fully saturated rings. The highest BCUT2D eigenvalue weighted by Gasteiger charge is 2.24. The summed E-state index contributed by atoms with van der Waals surface area (Å²) in [6.07, 6.45) is 21.8. The van der Waals surface area contributed by atoms with Crippen LogP contribution >= 0.6 is 0 Å². The molecule has 0 saturated heterocycles. The zero-order valence-corrected chi connectivity index (χ0v) is 15.5. The van der Waals surface area contributed by atoms with Gasteiger partial charge in [0.25, 0.3) is 0 Å². The molecule has 0 aromatic heterocycles. The van der Waals surface area contributed by atoms with E-state index in [1.807, 2.05) is 0 Å². The van der Waals surface area contributed by atoms with E-state index in [1.54, 1.807) is 0 Å². The molecule has 0 aromatic carbocycles. The Bertz CT molecular complexity index is 275. The van der Waals surface area contributed by atoms with Crippen LogP contribution in [0.1, 0.15) is 97.8 Å². The van der Waals surface area contributed by atoms with Crippen LogP contribution in [0.15, 0.2) is 12.4 Å². The maximum absolute atomic E-state index is 2.61. The first-order valence-electron chi connectivity index (χ1n) is 10.0. The molecule has 1 heterocycles. The Balaban J connectivity index is 2.28. The summed E-state index contributed by atoms with van der Waals surface area (Å²) in [5.74, 6) is 0. The number of rotatable bonds is 14. The van der Waals surface area contributed by atoms with Gasteiger partial charge in [0.2, 0.25) is 0 Å². The van der Waals surface area contributed by atoms with Crippen LogP contribution in [0.25, 0.3) is 0 Å². The Morgan fingerprint density at radius 2 is 1.14 bits per heavy atom. The van der Waals surface area contributed by atoms with Gasteiger partial charge in [0.1, 0.15) is 6.17 Å². The molecule has 0 spiro atoms. The molecule has 0 bridgehead atoms. The lowest BCUT2D eigenvalue weighted by Gasteiger charge is -2.33. The topological polar surface area (TPSA) is 6.48 Å². The van der Waals surface area contributed by atoms with E-state index in [9.17, 15) is 0 Å². The second-order valence-corrected chi connectivity index (χ2v) is 6.87. The van der Waals surface area contributed by atoms with Crippen LogP contribution in [-0.4, -0.2) is 29.1 Å². The minimum atomic E-state index is 0.646. The van der Waals surface area contributed by atoms with Gasteiger partial charge < -0.3 is 9.80 Å². The molecular weight excluding hydrogens is 268 g/mol. The highest BCUT2D eigenvalue weighted by atomic mass is 15.4. The van der Waals surface area contributed by atoms with Crippen LogP contribution < -0.4 is 0 Å². The summed E-state index contributed by atoms with van der Waals surface area (Å²) >= 11 is 0. The molecule has 1 aliphatic heterocycles. The van der Waals surface area contributed by atoms with Crippen LogP contribution in [0.2, 0.25) is 0 Å². The van der Waals surface area contributed by atoms with Crippen LogP contribution in [0, 0.1) is 0 Å². The van der Waals surface area contributed by atoms with Gasteiger partial charge in [-0.1, -0.05) is 72.1 Å². The van der Waals surface area contributed by atoms with Gasteiger partial charge in [0, 0.05) is 25.5 Å². The summed E-state index contributed by atoms with van der Waals surface area (Å²) in [5, 5.41) is 0. The molecule has 1 aliphatic rings. The van der Waals surface area contributed by atoms with Crippen molar-refractivity contribution < 1.29 is 0 Å². The van der Waals surface area contributed by atoms with Crippen molar-refractivity contribution in [1.29, 1.82) is 0 Å². The first kappa shape index (κ1) is 19.4. The van der Waals surface area contributed by atoms with Crippen molar-refractivity contribution in [3.05, 3.63) is 12.4 Å². The first-order chi connectivity index (χ1) is 10.8. The summed E-state index contributed by atoms with van der Waals surface area (Å²) in [5.41, 5.74) is 0. The Hall–Kier alpha value is -0.660. The molecule has 2 nitrogen and oxygen atoms in total. The summed E-state index contributed by atoms with van der Waals surface area (Å²) in [6, 6.07) is 0. The number of nitrogens with zero attached hydrogens (tertiary/aromatic N) is 2. The molecule has 130 valence electrons. The zero-order valence-electron chi connectivity index (χ0n) is 15.5. The minimum Gasteiger partial charge on any atom is -0.356 e. The third kappa shape index (κ3) is 7.56. The fraction of sp³-hybridized carbons (Fsp3) is 0.900. The normalized spacial score (nSPS) is 17.7. The maximum Gasteiger partial charge on any atom is 0.101 e. The Kier molecular flexibility index (Phi) is 11.3. The van der Waals surface area contributed by atoms with E-state index >= 15 is 0 Å². The average Bonchev–Trinajstić information content (AvgIpc) is 2.90. The highest BCUT2D eigenvalue weighted by Crippen LogP contribution is 2.22. The summed E-state index contributed by atoms with van der Waals surface area (Å²) < 4.78 is 0. The van der Waals surface area contributed by atoms with Crippen molar-refractivity contribution in [2.24, 2.45) is 0 Å². The Morgan fingerprint density at radius 3 is 1.77 bits per heavy atom. The fourth-order valence-electron chi connectivity index (χ4n) is 3.43. The van der Waals surface area contributed by atoms with E-state index in [2.05, 4.69) is 43.0 Å². The standard InChI is InChI=1S/C20H40N2/c1-4-7-9-11-12-13-15-20-21(16-6-3)18-19-22(20)17-14-10-8-5-2/h18-20H,4-17H2,1-3H3. The number of hydrogen-bond acceptors (Lipinski definition) is 2. The van der Waals surface area contributed by atoms with Crippen molar-refractivity contribution in [3.8, 4) is 0 Å². The molecule has 1 unspecified atom stereocenters. The average molecular weight is 309 g/mol. The van der Waals surface area contributed by atoms with E-state index in [0.29, 0.717) is 6.17 Å². The number of unbranched alkanes of at least 4 members (excludes halogenated alkanes) is 8. The quantitative estimate of drug-likeness (QED) is 0.355. The highest BCUT2D eigenvalue weighted by molar-refractivity contribution is 4.96. The molecule has 0 aliphatic carbocycles. The van der Waals surface area contributed by atoms with Gasteiger partial charge in [-0.25, -0.2) is 0 Å². The van der Waals surface area contributed by atoms with Crippen molar-refractivity contribution in [2.45, 2.75) is 104 Å². The lowest BCUT2D eigenvalue weighted by Crippen LogP contribution is -2.39. The van der Waals surface area contributed by atoms with Crippen LogP contribution in [0.4, 0.5) is 0 Å². The molecular formula is C20H40N2. The van der Waals surface area contributed by atoms with E-state index < -0.39 is 0 Å². The molecule has 2 heteroatoms. The summed E-state index contributed by atoms with van der Waals surface area (Å²) in [4.78, 5) is 5.18. The maximum atomic E-state index is 2.61. The molecule has 0 radical (unpaired) electrons. The van der Waals surface area contributed by atoms with Gasteiger partial charge in [0.15, 0.2) is 0 Å². The van der Waals surface area contributed by atoms with Crippen LogP contribution in [0.3, 0.4) is 0 Å². The molecule has 22 heavy (non-hydrogen) atoms. The van der Waals surface area contributed by atoms with Gasteiger partial charge in [-0.15, -0.1) is 0 Å². The van der Waals surface area contributed by atoms with Gasteiger partial charge in [-0.05, 0) is 25.7 Å². The van der Waals surface area contributed by atoms with Gasteiger partial charge >= 0.3 is 0 Å². The zero-order chi connectivity index (χ0) is 16.0. The first-order valence-corrected chi connectivity index (χ1v) is 10.0. The minimum absolute atomic E-state index is 0.646. The van der Waals surface area contributed by atoms with E-state index in [4.69, 9.17) is 0 Å². The third-order valence-corrected chi connectivity index (χ3v) is 4.78. The van der Waals surface area contributed by atoms with Crippen molar-refractivity contribution in [1.82, 2.24) is 9.80 Å². The second-order valence-electron chi connectivity index (χ2n) is 6.87. The van der Waals surface area contributed by atoms with Gasteiger partial charge in [-0.2, -0.15) is 0 Å². The number of hydrogen-bond donors (Lipinski definition) is 0. The van der Waals surface area contributed by atoms with E-state index in [-0.39, 0.29) is 0 Å². The van der Waals surface area contributed by atoms with Crippen molar-refractivity contribution in [2.75, 3.05) is 13.1 Å². The SMILES string of the molecule is CCCCCCCCC1N(CCC)C=CN1CCCCCC. The fourth-order valence-corrected chi connectivity index (χ4v) is 3.43. The molecule has 1 rings (SSSR count). The van der Waals surface area contributed by atoms with Gasteiger partial charge in [-0.3, -0.25) is 0 Å².